The molecule has 0 heterocycles. The number of primary amides is 1. The van der Waals surface area contributed by atoms with Crippen molar-refractivity contribution in [3.63, 3.8) is 0 Å². The van der Waals surface area contributed by atoms with Crippen LogP contribution >= 0.6 is 0 Å². The molecule has 5 nitrogen and oxygen atoms in total. The fraction of sp³-hybridized carbons (Fsp3) is 0.500. The first kappa shape index (κ1) is 18.3. The smallest absolute Gasteiger partial charge is 1.00 e. The zero-order valence-electron chi connectivity index (χ0n) is 8.70. The van der Waals surface area contributed by atoms with Crippen LogP contribution in [0.15, 0.2) is 0 Å². The minimum atomic E-state index is -1.21. The van der Waals surface area contributed by atoms with Gasteiger partial charge in [0.15, 0.2) is 0 Å². The number of nitrogens with two attached hydrogens (primary N) is 2. The average Bonchev–Trinajstić information content (AvgIpc) is 1.63. The molecule has 0 aliphatic rings. The van der Waals surface area contributed by atoms with Crippen molar-refractivity contribution in [3.8, 4) is 0 Å². The molecular formula is C4H10KN2NaO3. The van der Waals surface area contributed by atoms with Crippen LogP contribution in [0, 0.1) is 0 Å². The fourth-order valence-electron chi connectivity index (χ4n) is 0.304. The maximum atomic E-state index is 9.99. The van der Waals surface area contributed by atoms with E-state index >= 15 is 0 Å². The second-order valence-corrected chi connectivity index (χ2v) is 1.62. The van der Waals surface area contributed by atoms with Crippen molar-refractivity contribution in [1.82, 2.24) is 0 Å². The van der Waals surface area contributed by atoms with Crippen LogP contribution in [0.3, 0.4) is 0 Å². The Morgan fingerprint density at radius 2 is 1.91 bits per heavy atom. The number of carboxylic acids is 1. The molecule has 0 aromatic rings. The van der Waals surface area contributed by atoms with E-state index in [1.807, 2.05) is 0 Å². The van der Waals surface area contributed by atoms with Crippen molar-refractivity contribution in [1.29, 1.82) is 0 Å². The topological polar surface area (TPSA) is 106 Å². The number of carbonyl (C=O) groups excluding carboxylic acids is 1. The van der Waals surface area contributed by atoms with Crippen molar-refractivity contribution in [2.24, 2.45) is 11.5 Å². The van der Waals surface area contributed by atoms with E-state index in [0.29, 0.717) is 0 Å². The van der Waals surface area contributed by atoms with E-state index in [-0.39, 0.29) is 90.2 Å². The van der Waals surface area contributed by atoms with Crippen LogP contribution in [0.25, 0.3) is 0 Å². The maximum absolute atomic E-state index is 9.99. The third-order valence-corrected chi connectivity index (χ3v) is 0.738. The normalized spacial score (nSPS) is 10.3. The van der Waals surface area contributed by atoms with E-state index in [1.54, 1.807) is 0 Å². The molecule has 0 aromatic heterocycles. The SMILES string of the molecule is NC(=O)CC(N)C(=O)O.[H-].[H-].[K+].[Na+]. The van der Waals surface area contributed by atoms with Gasteiger partial charge in [0, 0.05) is 0 Å². The van der Waals surface area contributed by atoms with E-state index in [0.717, 1.165) is 0 Å². The quantitative estimate of drug-likeness (QED) is 0.390. The van der Waals surface area contributed by atoms with Crippen LogP contribution in [0.5, 0.6) is 0 Å². The van der Waals surface area contributed by atoms with Crippen LogP contribution in [-0.4, -0.2) is 23.0 Å². The van der Waals surface area contributed by atoms with Gasteiger partial charge in [0.2, 0.25) is 5.91 Å². The van der Waals surface area contributed by atoms with Crippen LogP contribution in [-0.2, 0) is 9.59 Å². The van der Waals surface area contributed by atoms with Gasteiger partial charge in [-0.2, -0.15) is 0 Å². The van der Waals surface area contributed by atoms with Crippen molar-refractivity contribution in [3.05, 3.63) is 0 Å². The third kappa shape index (κ3) is 11.5. The predicted octanol–water partition coefficient (Wildman–Crippen LogP) is -7.49. The average molecular weight is 196 g/mol. The summed E-state index contributed by atoms with van der Waals surface area (Å²) in [5, 5.41) is 8.10. The first-order valence-corrected chi connectivity index (χ1v) is 2.30. The Balaban J connectivity index is -0.0000000533. The molecule has 5 N–H and O–H groups in total. The number of carbonyl (C=O) groups is 2. The molecule has 0 bridgehead atoms. The predicted molar refractivity (Wildman–Crippen MR) is 31.6 cm³/mol. The number of hydrogen-bond acceptors (Lipinski definition) is 3. The Kier molecular flexibility index (Phi) is 16.0. The van der Waals surface area contributed by atoms with E-state index in [9.17, 15) is 9.59 Å². The molecule has 0 radical (unpaired) electrons. The molecule has 0 rings (SSSR count). The van der Waals surface area contributed by atoms with Gasteiger partial charge >= 0.3 is 86.9 Å². The molecule has 0 aromatic carbocycles. The largest absolute Gasteiger partial charge is 1.00 e. The summed E-state index contributed by atoms with van der Waals surface area (Å²) in [5.41, 5.74) is 9.57. The molecule has 0 fully saturated rings. The summed E-state index contributed by atoms with van der Waals surface area (Å²) < 4.78 is 0. The van der Waals surface area contributed by atoms with Gasteiger partial charge in [0.25, 0.3) is 0 Å². The van der Waals surface area contributed by atoms with E-state index in [2.05, 4.69) is 5.73 Å². The molecule has 7 heteroatoms. The van der Waals surface area contributed by atoms with Gasteiger partial charge in [-0.15, -0.1) is 0 Å². The first-order valence-electron chi connectivity index (χ1n) is 2.30. The Morgan fingerprint density at radius 3 is 2.00 bits per heavy atom. The molecule has 0 aliphatic carbocycles. The molecule has 0 aliphatic heterocycles. The molecular weight excluding hydrogens is 186 g/mol. The fourth-order valence-corrected chi connectivity index (χ4v) is 0.304. The molecule has 1 amide bonds. The van der Waals surface area contributed by atoms with Gasteiger partial charge in [-0.05, 0) is 0 Å². The van der Waals surface area contributed by atoms with Crippen LogP contribution < -0.4 is 92.4 Å². The van der Waals surface area contributed by atoms with Gasteiger partial charge in [-0.25, -0.2) is 0 Å². The van der Waals surface area contributed by atoms with E-state index in [4.69, 9.17) is 10.8 Å². The second-order valence-electron chi connectivity index (χ2n) is 1.62. The van der Waals surface area contributed by atoms with Crippen LogP contribution in [0.2, 0.25) is 0 Å². The molecule has 11 heavy (non-hydrogen) atoms. The standard InChI is InChI=1S/C4H8N2O3.K.Na.2H/c5-2(4(8)9)1-3(6)7;;;;/h2H,1,5H2,(H2,6,7)(H,8,9);;;;/q;2*+1;2*-1. The summed E-state index contributed by atoms with van der Waals surface area (Å²) >= 11 is 0. The number of carboxylic acid groups (broad SMARTS) is 1. The monoisotopic (exact) mass is 196 g/mol. The van der Waals surface area contributed by atoms with E-state index in [1.165, 1.54) is 0 Å². The summed E-state index contributed by atoms with van der Waals surface area (Å²) in [6.07, 6.45) is -0.310. The van der Waals surface area contributed by atoms with E-state index < -0.39 is 17.9 Å². The minimum absolute atomic E-state index is 0. The third-order valence-electron chi connectivity index (χ3n) is 0.738. The summed E-state index contributed by atoms with van der Waals surface area (Å²) in [4.78, 5) is 19.9. The van der Waals surface area contributed by atoms with Gasteiger partial charge < -0.3 is 19.4 Å². The molecule has 0 saturated heterocycles. The summed E-state index contributed by atoms with van der Waals surface area (Å²) in [7, 11) is 0. The number of hydrogen-bond donors (Lipinski definition) is 3. The van der Waals surface area contributed by atoms with Crippen molar-refractivity contribution in [2.75, 3.05) is 0 Å². The number of amides is 1. The summed E-state index contributed by atoms with van der Waals surface area (Å²) in [6.45, 7) is 0. The summed E-state index contributed by atoms with van der Waals surface area (Å²) in [5.74, 6) is -1.92. The Bertz CT molecular complexity index is 151. The molecule has 0 spiro atoms. The zero-order chi connectivity index (χ0) is 7.44. The van der Waals surface area contributed by atoms with Gasteiger partial charge in [0.05, 0.1) is 6.42 Å². The molecule has 56 valence electrons. The number of aliphatic carboxylic acids is 1. The molecule has 1 atom stereocenters. The second kappa shape index (κ2) is 9.62. The van der Waals surface area contributed by atoms with Crippen molar-refractivity contribution in [2.45, 2.75) is 12.5 Å². The van der Waals surface area contributed by atoms with Crippen molar-refractivity contribution >= 4 is 11.9 Å². The Morgan fingerprint density at radius 1 is 1.55 bits per heavy atom. The minimum Gasteiger partial charge on any atom is -1.00 e. The Labute approximate surface area is 132 Å². The summed E-state index contributed by atoms with van der Waals surface area (Å²) in [6, 6.07) is -1.16. The van der Waals surface area contributed by atoms with Crippen molar-refractivity contribution < 1.29 is 98.5 Å². The first-order chi connectivity index (χ1) is 4.04. The maximum Gasteiger partial charge on any atom is 1.00 e. The van der Waals surface area contributed by atoms with Gasteiger partial charge in [-0.1, -0.05) is 0 Å². The number of rotatable bonds is 3. The molecule has 1 unspecified atom stereocenters. The molecule has 0 saturated carbocycles. The van der Waals surface area contributed by atoms with Gasteiger partial charge in [0.1, 0.15) is 6.04 Å². The van der Waals surface area contributed by atoms with Crippen LogP contribution in [0.4, 0.5) is 0 Å². The zero-order valence-corrected chi connectivity index (χ0v) is 11.8. The van der Waals surface area contributed by atoms with Crippen LogP contribution in [0.1, 0.15) is 9.27 Å². The Hall–Kier alpha value is 1.54. The van der Waals surface area contributed by atoms with Gasteiger partial charge in [-0.3, -0.25) is 9.59 Å².